The highest BCUT2D eigenvalue weighted by molar-refractivity contribution is 5.97. The van der Waals surface area contributed by atoms with Gasteiger partial charge in [-0.05, 0) is 30.2 Å². The summed E-state index contributed by atoms with van der Waals surface area (Å²) in [6.45, 7) is 2.90. The van der Waals surface area contributed by atoms with Crippen LogP contribution < -0.4 is 9.80 Å². The summed E-state index contributed by atoms with van der Waals surface area (Å²) in [4.78, 5) is 27.0. The molecule has 2 amide bonds. The second-order valence-electron chi connectivity index (χ2n) is 5.49. The number of nitrogens with zero attached hydrogens (tertiary/aromatic N) is 2. The van der Waals surface area contributed by atoms with Crippen LogP contribution in [0.5, 0.6) is 0 Å². The Labute approximate surface area is 117 Å². The molecule has 0 saturated carbocycles. The van der Waals surface area contributed by atoms with Crippen molar-refractivity contribution in [2.45, 2.75) is 19.8 Å². The van der Waals surface area contributed by atoms with Crippen LogP contribution in [0.4, 0.5) is 11.4 Å². The van der Waals surface area contributed by atoms with Gasteiger partial charge in [0.15, 0.2) is 0 Å². The predicted molar refractivity (Wildman–Crippen MR) is 75.7 cm³/mol. The molecule has 5 heteroatoms. The van der Waals surface area contributed by atoms with E-state index in [1.807, 2.05) is 18.2 Å². The van der Waals surface area contributed by atoms with Crippen LogP contribution in [0.1, 0.15) is 18.9 Å². The summed E-state index contributed by atoms with van der Waals surface area (Å²) in [6.07, 6.45) is 1.24. The highest BCUT2D eigenvalue weighted by Crippen LogP contribution is 2.33. The van der Waals surface area contributed by atoms with E-state index in [0.717, 1.165) is 23.4 Å². The molecule has 1 N–H and O–H groups in total. The molecule has 1 atom stereocenters. The average Bonchev–Trinajstić information content (AvgIpc) is 3.01. The Kier molecular flexibility index (Phi) is 3.22. The zero-order valence-corrected chi connectivity index (χ0v) is 11.5. The van der Waals surface area contributed by atoms with Crippen molar-refractivity contribution in [3.8, 4) is 0 Å². The topological polar surface area (TPSA) is 60.9 Å². The van der Waals surface area contributed by atoms with Gasteiger partial charge < -0.3 is 14.9 Å². The van der Waals surface area contributed by atoms with Crippen molar-refractivity contribution in [3.05, 3.63) is 23.8 Å². The van der Waals surface area contributed by atoms with Crippen LogP contribution in [0.25, 0.3) is 0 Å². The lowest BCUT2D eigenvalue weighted by molar-refractivity contribution is -0.117. The van der Waals surface area contributed by atoms with Gasteiger partial charge in [0, 0.05) is 50.3 Å². The number of carbonyl (C=O) groups is 2. The van der Waals surface area contributed by atoms with Crippen molar-refractivity contribution in [1.82, 2.24) is 0 Å². The molecule has 1 unspecified atom stereocenters. The number of anilines is 2. The summed E-state index contributed by atoms with van der Waals surface area (Å²) in [6, 6.07) is 5.80. The van der Waals surface area contributed by atoms with Crippen molar-refractivity contribution in [3.63, 3.8) is 0 Å². The number of hydrogen-bond acceptors (Lipinski definition) is 3. The van der Waals surface area contributed by atoms with Gasteiger partial charge in [-0.1, -0.05) is 0 Å². The minimum atomic E-state index is 0.0319. The van der Waals surface area contributed by atoms with E-state index in [4.69, 9.17) is 0 Å². The molecule has 1 saturated heterocycles. The number of aliphatic hydroxyl groups is 1. The summed E-state index contributed by atoms with van der Waals surface area (Å²) in [5.41, 5.74) is 2.93. The highest BCUT2D eigenvalue weighted by Gasteiger charge is 2.31. The fourth-order valence-corrected chi connectivity index (χ4v) is 3.04. The first-order valence-corrected chi connectivity index (χ1v) is 6.92. The Morgan fingerprint density at radius 1 is 1.45 bits per heavy atom. The maximum Gasteiger partial charge on any atom is 0.227 e. The second-order valence-corrected chi connectivity index (χ2v) is 5.49. The summed E-state index contributed by atoms with van der Waals surface area (Å²) < 4.78 is 0. The van der Waals surface area contributed by atoms with E-state index < -0.39 is 0 Å². The number of rotatable bonds is 2. The molecular formula is C15H18N2O3. The van der Waals surface area contributed by atoms with Crippen molar-refractivity contribution in [1.29, 1.82) is 0 Å². The molecule has 20 heavy (non-hydrogen) atoms. The molecule has 0 spiro atoms. The molecule has 1 aromatic rings. The maximum atomic E-state index is 12.0. The minimum absolute atomic E-state index is 0.0319. The fourth-order valence-electron chi connectivity index (χ4n) is 3.04. The van der Waals surface area contributed by atoms with Gasteiger partial charge in [0.2, 0.25) is 11.8 Å². The lowest BCUT2D eigenvalue weighted by Crippen LogP contribution is -2.26. The Morgan fingerprint density at radius 2 is 2.25 bits per heavy atom. The standard InChI is InChI=1S/C15H18N2O3/c1-10(19)16-5-4-12-7-13(2-3-14(12)16)17-8-11(9-18)6-15(17)20/h2-3,7,11,18H,4-6,8-9H2,1H3. The van der Waals surface area contributed by atoms with Crippen molar-refractivity contribution in [2.75, 3.05) is 29.5 Å². The lowest BCUT2D eigenvalue weighted by atomic mass is 10.1. The number of benzene rings is 1. The Hall–Kier alpha value is -1.88. The summed E-state index contributed by atoms with van der Waals surface area (Å²) in [5, 5.41) is 9.18. The Bertz CT molecular complexity index is 570. The van der Waals surface area contributed by atoms with Crippen molar-refractivity contribution in [2.24, 2.45) is 5.92 Å². The van der Waals surface area contributed by atoms with E-state index in [1.54, 1.807) is 16.7 Å². The van der Waals surface area contributed by atoms with E-state index in [1.165, 1.54) is 0 Å². The van der Waals surface area contributed by atoms with Crippen LogP contribution in [-0.4, -0.2) is 36.6 Å². The molecule has 1 aromatic carbocycles. The van der Waals surface area contributed by atoms with Gasteiger partial charge >= 0.3 is 0 Å². The second kappa shape index (κ2) is 4.90. The highest BCUT2D eigenvalue weighted by atomic mass is 16.3. The van der Waals surface area contributed by atoms with Crippen LogP contribution >= 0.6 is 0 Å². The van der Waals surface area contributed by atoms with Gasteiger partial charge in [-0.25, -0.2) is 0 Å². The van der Waals surface area contributed by atoms with Crippen molar-refractivity contribution >= 4 is 23.2 Å². The van der Waals surface area contributed by atoms with Crippen LogP contribution in [-0.2, 0) is 16.0 Å². The SMILES string of the molecule is CC(=O)N1CCc2cc(N3CC(CO)CC3=O)ccc21. The predicted octanol–water partition coefficient (Wildman–Crippen LogP) is 0.941. The number of fused-ring (bicyclic) bond motifs is 1. The molecule has 5 nitrogen and oxygen atoms in total. The molecule has 0 bridgehead atoms. The van der Waals surface area contributed by atoms with Gasteiger partial charge in [0.25, 0.3) is 0 Å². The molecule has 106 valence electrons. The Balaban J connectivity index is 1.87. The van der Waals surface area contributed by atoms with Crippen LogP contribution in [0.3, 0.4) is 0 Å². The van der Waals surface area contributed by atoms with Gasteiger partial charge in [0.05, 0.1) is 0 Å². The van der Waals surface area contributed by atoms with Crippen LogP contribution in [0.15, 0.2) is 18.2 Å². The smallest absolute Gasteiger partial charge is 0.227 e. The van der Waals surface area contributed by atoms with E-state index in [0.29, 0.717) is 19.5 Å². The molecule has 1 fully saturated rings. The number of amides is 2. The van der Waals surface area contributed by atoms with E-state index in [2.05, 4.69) is 0 Å². The van der Waals surface area contributed by atoms with E-state index in [9.17, 15) is 14.7 Å². The molecular weight excluding hydrogens is 256 g/mol. The first-order valence-electron chi connectivity index (χ1n) is 6.92. The molecule has 2 heterocycles. The minimum Gasteiger partial charge on any atom is -0.396 e. The number of carbonyl (C=O) groups excluding carboxylic acids is 2. The van der Waals surface area contributed by atoms with Crippen LogP contribution in [0.2, 0.25) is 0 Å². The maximum absolute atomic E-state index is 12.0. The van der Waals surface area contributed by atoms with Gasteiger partial charge in [-0.3, -0.25) is 9.59 Å². The van der Waals surface area contributed by atoms with E-state index in [-0.39, 0.29) is 24.3 Å². The number of hydrogen-bond donors (Lipinski definition) is 1. The zero-order chi connectivity index (χ0) is 14.3. The largest absolute Gasteiger partial charge is 0.396 e. The normalized spacial score (nSPS) is 21.5. The van der Waals surface area contributed by atoms with Gasteiger partial charge in [0.1, 0.15) is 0 Å². The molecule has 0 aliphatic carbocycles. The van der Waals surface area contributed by atoms with E-state index >= 15 is 0 Å². The summed E-state index contributed by atoms with van der Waals surface area (Å²) in [5.74, 6) is 0.143. The van der Waals surface area contributed by atoms with Crippen molar-refractivity contribution < 1.29 is 14.7 Å². The summed E-state index contributed by atoms with van der Waals surface area (Å²) >= 11 is 0. The monoisotopic (exact) mass is 274 g/mol. The molecule has 3 rings (SSSR count). The molecule has 0 aromatic heterocycles. The quantitative estimate of drug-likeness (QED) is 0.873. The third-order valence-corrected chi connectivity index (χ3v) is 4.11. The Morgan fingerprint density at radius 3 is 2.90 bits per heavy atom. The fraction of sp³-hybridized carbons (Fsp3) is 0.467. The average molecular weight is 274 g/mol. The summed E-state index contributed by atoms with van der Waals surface area (Å²) in [7, 11) is 0. The molecule has 0 radical (unpaired) electrons. The zero-order valence-electron chi connectivity index (χ0n) is 11.5. The third kappa shape index (κ3) is 2.08. The molecule has 2 aliphatic heterocycles. The van der Waals surface area contributed by atoms with Gasteiger partial charge in [-0.15, -0.1) is 0 Å². The van der Waals surface area contributed by atoms with Crippen LogP contribution in [0, 0.1) is 5.92 Å². The first-order chi connectivity index (χ1) is 9.60. The van der Waals surface area contributed by atoms with Gasteiger partial charge in [-0.2, -0.15) is 0 Å². The first kappa shape index (κ1) is 13.1. The molecule has 2 aliphatic rings. The number of aliphatic hydroxyl groups excluding tert-OH is 1. The lowest BCUT2D eigenvalue weighted by Gasteiger charge is -2.19. The third-order valence-electron chi connectivity index (χ3n) is 4.11.